The molecule has 0 aromatic heterocycles. The van der Waals surface area contributed by atoms with Gasteiger partial charge in [-0.2, -0.15) is 0 Å². The lowest BCUT2D eigenvalue weighted by atomic mass is 10.0. The van der Waals surface area contributed by atoms with Crippen molar-refractivity contribution in [2.75, 3.05) is 13.1 Å². The van der Waals surface area contributed by atoms with Crippen LogP contribution in [0.3, 0.4) is 0 Å². The zero-order valence-corrected chi connectivity index (χ0v) is 11.3. The first-order valence-corrected chi connectivity index (χ1v) is 6.69. The molecule has 2 nitrogen and oxygen atoms in total. The molecule has 2 N–H and O–H groups in total. The molecule has 1 aliphatic rings. The van der Waals surface area contributed by atoms with Gasteiger partial charge in [0.05, 0.1) is 6.17 Å². The Labute approximate surface area is 85.3 Å². The predicted molar refractivity (Wildman–Crippen MR) is 62.2 cm³/mol. The van der Waals surface area contributed by atoms with E-state index in [1.54, 1.807) is 0 Å². The molecule has 0 aromatic rings. The summed E-state index contributed by atoms with van der Waals surface area (Å²) in [6, 6.07) is 0. The van der Waals surface area contributed by atoms with Crippen LogP contribution in [-0.2, 0) is 0 Å². The minimum Gasteiger partial charge on any atom is -0.302 e. The highest BCUT2D eigenvalue weighted by molar-refractivity contribution is 6.15. The number of hydrogen-bond donors (Lipinski definition) is 2. The molecule has 0 aromatic carbocycles. The van der Waals surface area contributed by atoms with Gasteiger partial charge in [-0.05, 0) is 31.0 Å². The molecule has 3 heteroatoms. The molecule has 1 aliphatic carbocycles. The van der Waals surface area contributed by atoms with Gasteiger partial charge in [-0.25, -0.2) is 0 Å². The molecule has 1 saturated carbocycles. The topological polar surface area (TPSA) is 24.1 Å². The van der Waals surface area contributed by atoms with Gasteiger partial charge in [-0.3, -0.25) is 0 Å². The molecule has 0 heterocycles. The molecule has 13 heavy (non-hydrogen) atoms. The third-order valence-electron chi connectivity index (χ3n) is 3.26. The first kappa shape index (κ1) is 11.2. The summed E-state index contributed by atoms with van der Waals surface area (Å²) in [4.78, 5) is 0. The Kier molecular flexibility index (Phi) is 4.42. The Balaban J connectivity index is 2.50. The molecule has 0 spiro atoms. The molecule has 0 saturated heterocycles. The van der Waals surface area contributed by atoms with E-state index in [9.17, 15) is 0 Å². The SMILES string of the molecule is CCNC(NCC)C1([SiH3])CCCC1. The fraction of sp³-hybridized carbons (Fsp3) is 1.00. The second-order valence-electron chi connectivity index (χ2n) is 4.41. The van der Waals surface area contributed by atoms with Gasteiger partial charge >= 0.3 is 0 Å². The first-order valence-electron chi connectivity index (χ1n) is 5.69. The van der Waals surface area contributed by atoms with E-state index < -0.39 is 0 Å². The highest BCUT2D eigenvalue weighted by Crippen LogP contribution is 2.43. The maximum absolute atomic E-state index is 3.59. The van der Waals surface area contributed by atoms with Crippen molar-refractivity contribution >= 4 is 10.2 Å². The smallest absolute Gasteiger partial charge is 0.0595 e. The van der Waals surface area contributed by atoms with Crippen molar-refractivity contribution in [3.8, 4) is 0 Å². The Morgan fingerprint density at radius 2 is 1.62 bits per heavy atom. The van der Waals surface area contributed by atoms with Crippen LogP contribution in [0, 0.1) is 0 Å². The second-order valence-corrected chi connectivity index (χ2v) is 6.40. The molecule has 0 atom stereocenters. The molecule has 1 fully saturated rings. The third-order valence-corrected chi connectivity index (χ3v) is 4.84. The van der Waals surface area contributed by atoms with Crippen molar-refractivity contribution < 1.29 is 0 Å². The average molecular weight is 200 g/mol. The van der Waals surface area contributed by atoms with Crippen molar-refractivity contribution in [1.82, 2.24) is 10.6 Å². The second kappa shape index (κ2) is 5.13. The fourth-order valence-electron chi connectivity index (χ4n) is 2.44. The van der Waals surface area contributed by atoms with Gasteiger partial charge in [0, 0.05) is 10.2 Å². The van der Waals surface area contributed by atoms with Gasteiger partial charge in [0.1, 0.15) is 0 Å². The van der Waals surface area contributed by atoms with Crippen LogP contribution in [0.4, 0.5) is 0 Å². The number of hydrogen-bond acceptors (Lipinski definition) is 2. The van der Waals surface area contributed by atoms with Crippen LogP contribution >= 0.6 is 0 Å². The van der Waals surface area contributed by atoms with E-state index in [0.717, 1.165) is 13.1 Å². The Morgan fingerprint density at radius 1 is 1.15 bits per heavy atom. The van der Waals surface area contributed by atoms with Crippen molar-refractivity contribution in [1.29, 1.82) is 0 Å². The minimum atomic E-state index is 0.580. The van der Waals surface area contributed by atoms with E-state index in [1.165, 1.54) is 35.9 Å². The monoisotopic (exact) mass is 200 g/mol. The largest absolute Gasteiger partial charge is 0.302 e. The van der Waals surface area contributed by atoms with Gasteiger partial charge in [0.2, 0.25) is 0 Å². The fourth-order valence-corrected chi connectivity index (χ4v) is 3.56. The van der Waals surface area contributed by atoms with Gasteiger partial charge < -0.3 is 10.6 Å². The van der Waals surface area contributed by atoms with E-state index >= 15 is 0 Å². The highest BCUT2D eigenvalue weighted by Gasteiger charge is 2.35. The van der Waals surface area contributed by atoms with E-state index in [0.29, 0.717) is 11.2 Å². The van der Waals surface area contributed by atoms with E-state index in [2.05, 4.69) is 24.5 Å². The van der Waals surface area contributed by atoms with Crippen molar-refractivity contribution in [2.24, 2.45) is 0 Å². The predicted octanol–water partition coefficient (Wildman–Crippen LogP) is 0.630. The molecule has 0 aliphatic heterocycles. The minimum absolute atomic E-state index is 0.580. The van der Waals surface area contributed by atoms with Crippen LogP contribution in [0.5, 0.6) is 0 Å². The lowest BCUT2D eigenvalue weighted by molar-refractivity contribution is 0.330. The van der Waals surface area contributed by atoms with Gasteiger partial charge in [0.15, 0.2) is 0 Å². The summed E-state index contributed by atoms with van der Waals surface area (Å²) in [5.41, 5.74) is 0. The van der Waals surface area contributed by atoms with Crippen LogP contribution in [0.1, 0.15) is 39.5 Å². The lowest BCUT2D eigenvalue weighted by Gasteiger charge is -2.35. The normalized spacial score (nSPS) is 21.5. The van der Waals surface area contributed by atoms with E-state index in [-0.39, 0.29) is 0 Å². The molecular weight excluding hydrogens is 176 g/mol. The van der Waals surface area contributed by atoms with E-state index in [4.69, 9.17) is 0 Å². The maximum atomic E-state index is 3.59. The summed E-state index contributed by atoms with van der Waals surface area (Å²) >= 11 is 0. The van der Waals surface area contributed by atoms with Crippen LogP contribution in [0.25, 0.3) is 0 Å². The molecule has 0 radical (unpaired) electrons. The molecule has 0 bridgehead atoms. The Morgan fingerprint density at radius 3 is 2.00 bits per heavy atom. The van der Waals surface area contributed by atoms with Crippen LogP contribution in [0.15, 0.2) is 0 Å². The summed E-state index contributed by atoms with van der Waals surface area (Å²) < 4.78 is 0. The molecular formula is C10H24N2Si. The highest BCUT2D eigenvalue weighted by atomic mass is 28.1. The molecule has 1 rings (SSSR count). The quantitative estimate of drug-likeness (QED) is 0.502. The summed E-state index contributed by atoms with van der Waals surface area (Å²) in [5, 5.41) is 7.81. The Bertz CT molecular complexity index is 138. The van der Waals surface area contributed by atoms with Crippen molar-refractivity contribution in [3.05, 3.63) is 0 Å². The van der Waals surface area contributed by atoms with Crippen LogP contribution < -0.4 is 10.6 Å². The molecule has 0 unspecified atom stereocenters. The Hall–Kier alpha value is 0.137. The van der Waals surface area contributed by atoms with Crippen molar-refractivity contribution in [2.45, 2.75) is 50.7 Å². The third kappa shape index (κ3) is 2.79. The van der Waals surface area contributed by atoms with E-state index in [1.807, 2.05) is 0 Å². The standard InChI is InChI=1S/C10H24N2Si/c1-3-11-9(12-4-2)10(13)7-5-6-8-10/h9,11-12H,3-8H2,1-2,13H3. The lowest BCUT2D eigenvalue weighted by Crippen LogP contribution is -2.50. The summed E-state index contributed by atoms with van der Waals surface area (Å²) in [7, 11) is 1.32. The summed E-state index contributed by atoms with van der Waals surface area (Å²) in [5.74, 6) is 0. The van der Waals surface area contributed by atoms with Crippen LogP contribution in [-0.4, -0.2) is 29.5 Å². The average Bonchev–Trinajstić information content (AvgIpc) is 2.53. The van der Waals surface area contributed by atoms with Gasteiger partial charge in [-0.1, -0.05) is 26.7 Å². The number of nitrogens with one attached hydrogen (secondary N) is 2. The number of rotatable bonds is 5. The molecule has 78 valence electrons. The van der Waals surface area contributed by atoms with Gasteiger partial charge in [-0.15, -0.1) is 0 Å². The summed E-state index contributed by atoms with van der Waals surface area (Å²) in [6.07, 6.45) is 6.33. The maximum Gasteiger partial charge on any atom is 0.0595 e. The van der Waals surface area contributed by atoms with Crippen molar-refractivity contribution in [3.63, 3.8) is 0 Å². The summed E-state index contributed by atoms with van der Waals surface area (Å²) in [6.45, 7) is 6.57. The molecule has 0 amide bonds. The first-order chi connectivity index (χ1) is 6.23. The van der Waals surface area contributed by atoms with Gasteiger partial charge in [0.25, 0.3) is 0 Å². The zero-order valence-electron chi connectivity index (χ0n) is 9.32. The van der Waals surface area contributed by atoms with Crippen LogP contribution in [0.2, 0.25) is 5.04 Å². The zero-order chi connectivity index (χ0) is 9.73.